The first-order chi connectivity index (χ1) is 14.5. The van der Waals surface area contributed by atoms with Crippen LogP contribution in [0.5, 0.6) is 5.75 Å². The minimum Gasteiger partial charge on any atom is -0.487 e. The summed E-state index contributed by atoms with van der Waals surface area (Å²) >= 11 is 1.57. The number of amides is 1. The Kier molecular flexibility index (Phi) is 5.58. The molecule has 0 aliphatic heterocycles. The van der Waals surface area contributed by atoms with Crippen LogP contribution in [-0.2, 0) is 6.61 Å². The summed E-state index contributed by atoms with van der Waals surface area (Å²) in [6, 6.07) is 14.6. The van der Waals surface area contributed by atoms with E-state index in [1.807, 2.05) is 19.2 Å². The molecule has 8 heteroatoms. The van der Waals surface area contributed by atoms with E-state index in [9.17, 15) is 9.18 Å². The largest absolute Gasteiger partial charge is 0.487 e. The third-order valence-corrected chi connectivity index (χ3v) is 5.12. The number of benzene rings is 2. The van der Waals surface area contributed by atoms with Crippen molar-refractivity contribution in [3.05, 3.63) is 87.8 Å². The molecule has 4 aromatic rings. The van der Waals surface area contributed by atoms with E-state index in [-0.39, 0.29) is 11.7 Å². The quantitative estimate of drug-likeness (QED) is 0.479. The number of rotatable bonds is 6. The SMILES string of the molecule is Cc1cc(NC(=O)c2cccc(OCc3csc(C)n3)c2)n(-c2ccc(F)cc2)n1. The lowest BCUT2D eigenvalue weighted by Gasteiger charge is -2.10. The maximum Gasteiger partial charge on any atom is 0.256 e. The van der Waals surface area contributed by atoms with E-state index in [0.29, 0.717) is 29.4 Å². The van der Waals surface area contributed by atoms with Gasteiger partial charge in [0, 0.05) is 17.0 Å². The lowest BCUT2D eigenvalue weighted by molar-refractivity contribution is 0.102. The van der Waals surface area contributed by atoms with Crippen molar-refractivity contribution in [2.24, 2.45) is 0 Å². The lowest BCUT2D eigenvalue weighted by Crippen LogP contribution is -2.15. The predicted octanol–water partition coefficient (Wildman–Crippen LogP) is 4.92. The van der Waals surface area contributed by atoms with Crippen LogP contribution in [0, 0.1) is 19.7 Å². The van der Waals surface area contributed by atoms with Crippen LogP contribution in [0.1, 0.15) is 26.8 Å². The van der Waals surface area contributed by atoms with Gasteiger partial charge in [-0.1, -0.05) is 6.07 Å². The Labute approximate surface area is 177 Å². The molecule has 152 valence electrons. The minimum absolute atomic E-state index is 0.298. The number of ether oxygens (including phenoxy) is 1. The van der Waals surface area contributed by atoms with E-state index in [4.69, 9.17) is 4.74 Å². The fourth-order valence-electron chi connectivity index (χ4n) is 2.92. The van der Waals surface area contributed by atoms with Gasteiger partial charge in [0.15, 0.2) is 0 Å². The topological polar surface area (TPSA) is 69.0 Å². The zero-order valence-electron chi connectivity index (χ0n) is 16.4. The Morgan fingerprint density at radius 3 is 2.70 bits per heavy atom. The standard InChI is InChI=1S/C22H19FN4O2S/c1-14-10-21(27(26-14)19-8-6-17(23)7-9-19)25-22(28)16-4-3-5-20(11-16)29-12-18-13-30-15(2)24-18/h3-11,13H,12H2,1-2H3,(H,25,28). The molecule has 0 fully saturated rings. The highest BCUT2D eigenvalue weighted by molar-refractivity contribution is 7.09. The van der Waals surface area contributed by atoms with Crippen molar-refractivity contribution in [3.63, 3.8) is 0 Å². The van der Waals surface area contributed by atoms with Crippen LogP contribution in [0.3, 0.4) is 0 Å². The first-order valence-corrected chi connectivity index (χ1v) is 10.1. The molecule has 0 saturated heterocycles. The van der Waals surface area contributed by atoms with Crippen molar-refractivity contribution in [2.45, 2.75) is 20.5 Å². The van der Waals surface area contributed by atoms with Gasteiger partial charge >= 0.3 is 0 Å². The highest BCUT2D eigenvalue weighted by Gasteiger charge is 2.13. The maximum atomic E-state index is 13.2. The molecule has 4 rings (SSSR count). The van der Waals surface area contributed by atoms with Gasteiger partial charge in [0.25, 0.3) is 5.91 Å². The van der Waals surface area contributed by atoms with Crippen LogP contribution >= 0.6 is 11.3 Å². The van der Waals surface area contributed by atoms with Crippen LogP contribution in [0.25, 0.3) is 5.69 Å². The molecule has 0 radical (unpaired) electrons. The second-order valence-electron chi connectivity index (χ2n) is 6.69. The molecule has 2 aromatic heterocycles. The summed E-state index contributed by atoms with van der Waals surface area (Å²) < 4.78 is 20.6. The second kappa shape index (κ2) is 8.46. The summed E-state index contributed by atoms with van der Waals surface area (Å²) in [5.74, 6) is 0.441. The third kappa shape index (κ3) is 4.55. The Morgan fingerprint density at radius 1 is 1.17 bits per heavy atom. The van der Waals surface area contributed by atoms with Crippen LogP contribution in [0.4, 0.5) is 10.2 Å². The molecule has 0 unspecified atom stereocenters. The number of carbonyl (C=O) groups excluding carboxylic acids is 1. The Bertz CT molecular complexity index is 1180. The summed E-state index contributed by atoms with van der Waals surface area (Å²) in [5, 5.41) is 10.2. The maximum absolute atomic E-state index is 13.2. The highest BCUT2D eigenvalue weighted by Crippen LogP contribution is 2.20. The van der Waals surface area contributed by atoms with E-state index in [1.54, 1.807) is 58.5 Å². The van der Waals surface area contributed by atoms with Crippen molar-refractivity contribution < 1.29 is 13.9 Å². The molecule has 0 bridgehead atoms. The van der Waals surface area contributed by atoms with Gasteiger partial charge in [-0.25, -0.2) is 14.1 Å². The van der Waals surface area contributed by atoms with Gasteiger partial charge in [0.1, 0.15) is 24.0 Å². The number of carbonyl (C=O) groups is 1. The van der Waals surface area contributed by atoms with Gasteiger partial charge in [-0.3, -0.25) is 4.79 Å². The molecule has 30 heavy (non-hydrogen) atoms. The first kappa shape index (κ1) is 19.8. The number of nitrogens with one attached hydrogen (secondary N) is 1. The molecule has 2 aromatic carbocycles. The molecule has 0 atom stereocenters. The van der Waals surface area contributed by atoms with Gasteiger partial charge in [-0.2, -0.15) is 5.10 Å². The first-order valence-electron chi connectivity index (χ1n) is 9.26. The predicted molar refractivity (Wildman–Crippen MR) is 114 cm³/mol. The van der Waals surface area contributed by atoms with E-state index in [0.717, 1.165) is 16.4 Å². The normalized spacial score (nSPS) is 10.8. The summed E-state index contributed by atoms with van der Waals surface area (Å²) in [7, 11) is 0. The fraction of sp³-hybridized carbons (Fsp3) is 0.136. The van der Waals surface area contributed by atoms with E-state index in [2.05, 4.69) is 15.4 Å². The Hall–Kier alpha value is -3.52. The van der Waals surface area contributed by atoms with Gasteiger partial charge in [-0.05, 0) is 56.3 Å². The van der Waals surface area contributed by atoms with Crippen molar-refractivity contribution in [1.82, 2.24) is 14.8 Å². The summed E-state index contributed by atoms with van der Waals surface area (Å²) in [4.78, 5) is 17.2. The molecule has 0 aliphatic rings. The van der Waals surface area contributed by atoms with Crippen LogP contribution in [-0.4, -0.2) is 20.7 Å². The molecule has 0 saturated carbocycles. The molecular weight excluding hydrogens is 403 g/mol. The Morgan fingerprint density at radius 2 is 1.97 bits per heavy atom. The number of hydrogen-bond donors (Lipinski definition) is 1. The van der Waals surface area contributed by atoms with E-state index < -0.39 is 0 Å². The highest BCUT2D eigenvalue weighted by atomic mass is 32.1. The smallest absolute Gasteiger partial charge is 0.256 e. The van der Waals surface area contributed by atoms with E-state index in [1.165, 1.54) is 12.1 Å². The summed E-state index contributed by atoms with van der Waals surface area (Å²) in [6.07, 6.45) is 0. The van der Waals surface area contributed by atoms with Gasteiger partial charge in [0.2, 0.25) is 0 Å². The number of aromatic nitrogens is 3. The minimum atomic E-state index is -0.335. The zero-order chi connectivity index (χ0) is 21.1. The molecule has 0 spiro atoms. The van der Waals surface area contributed by atoms with Gasteiger partial charge in [-0.15, -0.1) is 11.3 Å². The lowest BCUT2D eigenvalue weighted by atomic mass is 10.2. The second-order valence-corrected chi connectivity index (χ2v) is 7.75. The van der Waals surface area contributed by atoms with Crippen molar-refractivity contribution in [3.8, 4) is 11.4 Å². The summed E-state index contributed by atoms with van der Waals surface area (Å²) in [6.45, 7) is 4.10. The third-order valence-electron chi connectivity index (χ3n) is 4.29. The van der Waals surface area contributed by atoms with Crippen molar-refractivity contribution >= 4 is 23.1 Å². The van der Waals surface area contributed by atoms with Crippen LogP contribution in [0.15, 0.2) is 60.0 Å². The monoisotopic (exact) mass is 422 g/mol. The average Bonchev–Trinajstić information content (AvgIpc) is 3.32. The zero-order valence-corrected chi connectivity index (χ0v) is 17.2. The fourth-order valence-corrected chi connectivity index (χ4v) is 3.51. The molecular formula is C22H19FN4O2S. The van der Waals surface area contributed by atoms with Crippen LogP contribution in [0.2, 0.25) is 0 Å². The molecule has 6 nitrogen and oxygen atoms in total. The molecule has 1 amide bonds. The van der Waals surface area contributed by atoms with Crippen molar-refractivity contribution in [2.75, 3.05) is 5.32 Å². The number of nitrogens with zero attached hydrogens (tertiary/aromatic N) is 3. The number of aryl methyl sites for hydroxylation is 2. The van der Waals surface area contributed by atoms with Gasteiger partial charge in [0.05, 0.1) is 22.1 Å². The number of halogens is 1. The molecule has 1 N–H and O–H groups in total. The van der Waals surface area contributed by atoms with Gasteiger partial charge < -0.3 is 10.1 Å². The molecule has 2 heterocycles. The Balaban J connectivity index is 1.50. The van der Waals surface area contributed by atoms with Crippen LogP contribution < -0.4 is 10.1 Å². The average molecular weight is 422 g/mol. The number of thiazole rings is 1. The number of anilines is 1. The van der Waals surface area contributed by atoms with Crippen molar-refractivity contribution in [1.29, 1.82) is 0 Å². The summed E-state index contributed by atoms with van der Waals surface area (Å²) in [5.41, 5.74) is 2.68. The number of hydrogen-bond acceptors (Lipinski definition) is 5. The molecule has 0 aliphatic carbocycles. The van der Waals surface area contributed by atoms with E-state index >= 15 is 0 Å².